The maximum Gasteiger partial charge on any atom is 0.261 e. The summed E-state index contributed by atoms with van der Waals surface area (Å²) in [6.45, 7) is 0.812. The van der Waals surface area contributed by atoms with E-state index in [9.17, 15) is 23.6 Å². The van der Waals surface area contributed by atoms with E-state index >= 15 is 0 Å². The van der Waals surface area contributed by atoms with Gasteiger partial charge in [0.2, 0.25) is 17.7 Å². The van der Waals surface area contributed by atoms with Crippen LogP contribution in [0, 0.1) is 5.82 Å². The Balaban J connectivity index is 1.71. The molecule has 11 N–H and O–H groups in total. The van der Waals surface area contributed by atoms with Gasteiger partial charge in [-0.15, -0.1) is 11.3 Å². The lowest BCUT2D eigenvalue weighted by Gasteiger charge is -2.25. The molecule has 0 saturated carbocycles. The average Bonchev–Trinajstić information content (AvgIpc) is 3.60. The molecule has 1 heterocycles. The number of guanidine groups is 1. The normalized spacial score (nSPS) is 12.6. The zero-order valence-corrected chi connectivity index (χ0v) is 26.6. The maximum atomic E-state index is 13.5. The minimum atomic E-state index is -1.21. The lowest BCUT2D eigenvalue weighted by molar-refractivity contribution is -0.132. The van der Waals surface area contributed by atoms with Crippen LogP contribution in [-0.4, -0.2) is 54.8 Å². The van der Waals surface area contributed by atoms with Crippen LogP contribution in [0.4, 0.5) is 4.39 Å². The van der Waals surface area contributed by atoms with Crippen molar-refractivity contribution in [3.8, 4) is 5.75 Å². The molecule has 0 radical (unpaired) electrons. The number of hydrogen-bond donors (Lipinski definition) is 7. The van der Waals surface area contributed by atoms with Gasteiger partial charge in [0.25, 0.3) is 5.91 Å². The number of nitrogens with one attached hydrogen (secondary N) is 3. The zero-order chi connectivity index (χ0) is 34.2. The molecule has 3 rings (SSSR count). The smallest absolute Gasteiger partial charge is 0.261 e. The summed E-state index contributed by atoms with van der Waals surface area (Å²) in [6.07, 6.45) is 1.88. The van der Waals surface area contributed by atoms with E-state index in [0.717, 1.165) is 5.56 Å². The highest BCUT2D eigenvalue weighted by molar-refractivity contribution is 7.12. The first kappa shape index (κ1) is 36.4. The van der Waals surface area contributed by atoms with Crippen LogP contribution in [-0.2, 0) is 21.0 Å². The minimum absolute atomic E-state index is 0.0959. The monoisotopic (exact) mass is 668 g/mol. The quantitative estimate of drug-likeness (QED) is 0.0562. The molecule has 2 aromatic carbocycles. The number of aliphatic imine (C=N–C) groups is 1. The van der Waals surface area contributed by atoms with Crippen molar-refractivity contribution in [2.24, 2.45) is 27.9 Å². The summed E-state index contributed by atoms with van der Waals surface area (Å²) in [5, 5.41) is 9.85. The minimum Gasteiger partial charge on any atom is -0.489 e. The summed E-state index contributed by atoms with van der Waals surface area (Å²) in [4.78, 5) is 56.6. The van der Waals surface area contributed by atoms with Gasteiger partial charge >= 0.3 is 0 Å². The molecule has 0 aliphatic rings. The van der Waals surface area contributed by atoms with E-state index in [0.29, 0.717) is 42.0 Å². The van der Waals surface area contributed by atoms with Crippen molar-refractivity contribution in [3.63, 3.8) is 0 Å². The largest absolute Gasteiger partial charge is 0.489 e. The van der Waals surface area contributed by atoms with Gasteiger partial charge in [-0.05, 0) is 85.5 Å². The first-order valence-electron chi connectivity index (χ1n) is 15.0. The van der Waals surface area contributed by atoms with Gasteiger partial charge in [-0.1, -0.05) is 30.3 Å². The van der Waals surface area contributed by atoms with Gasteiger partial charge in [-0.25, -0.2) is 4.39 Å². The van der Waals surface area contributed by atoms with E-state index in [2.05, 4.69) is 20.9 Å². The summed E-state index contributed by atoms with van der Waals surface area (Å²) in [7, 11) is 0. The van der Waals surface area contributed by atoms with Crippen LogP contribution < -0.4 is 43.6 Å². The molecule has 13 nitrogen and oxygen atoms in total. The molecule has 0 unspecified atom stereocenters. The average molecular weight is 669 g/mol. The van der Waals surface area contributed by atoms with Crippen molar-refractivity contribution in [2.45, 2.75) is 56.8 Å². The molecule has 3 atom stereocenters. The van der Waals surface area contributed by atoms with Crippen molar-refractivity contribution >= 4 is 40.9 Å². The van der Waals surface area contributed by atoms with Gasteiger partial charge in [-0.3, -0.25) is 24.2 Å². The Morgan fingerprint density at radius 1 is 0.830 bits per heavy atom. The van der Waals surface area contributed by atoms with Crippen LogP contribution in [0.5, 0.6) is 5.75 Å². The molecule has 0 spiro atoms. The third-order valence-corrected chi connectivity index (χ3v) is 7.86. The van der Waals surface area contributed by atoms with Crippen LogP contribution in [0.1, 0.15) is 58.9 Å². The molecule has 47 heavy (non-hydrogen) atoms. The number of hydrogen-bond acceptors (Lipinski definition) is 8. The van der Waals surface area contributed by atoms with Crippen molar-refractivity contribution in [1.29, 1.82) is 0 Å². The molecule has 3 aromatic rings. The molecule has 4 amide bonds. The molecular formula is C32H41FN8O5S. The predicted octanol–water partition coefficient (Wildman–Crippen LogP) is 1.57. The zero-order valence-electron chi connectivity index (χ0n) is 25.8. The Kier molecular flexibility index (Phi) is 14.6. The van der Waals surface area contributed by atoms with Gasteiger partial charge in [0, 0.05) is 6.54 Å². The molecule has 252 valence electrons. The fourth-order valence-electron chi connectivity index (χ4n) is 4.51. The number of carbonyl (C=O) groups is 4. The third kappa shape index (κ3) is 12.4. The number of rotatable bonds is 19. The van der Waals surface area contributed by atoms with Crippen LogP contribution in [0.3, 0.4) is 0 Å². The molecular weight excluding hydrogens is 627 g/mol. The highest BCUT2D eigenvalue weighted by atomic mass is 32.1. The van der Waals surface area contributed by atoms with Crippen LogP contribution in [0.2, 0.25) is 0 Å². The molecule has 0 aliphatic carbocycles. The van der Waals surface area contributed by atoms with E-state index in [4.69, 9.17) is 27.7 Å². The molecule has 0 fully saturated rings. The lowest BCUT2D eigenvalue weighted by atomic mass is 10.0. The van der Waals surface area contributed by atoms with E-state index in [1.165, 1.54) is 23.5 Å². The van der Waals surface area contributed by atoms with E-state index < -0.39 is 41.8 Å². The second kappa shape index (κ2) is 18.8. The number of benzene rings is 2. The Morgan fingerprint density at radius 2 is 1.49 bits per heavy atom. The standard InChI is InChI=1S/C32H41FN8O5S/c33-22-12-8-20(9-13-22)19-46-23-14-10-21(11-15-23)27(28(35)42)41-30(44)24(5-1-2-16-34)39-29(43)25(6-3-17-38-32(36)37)40-31(45)26-7-4-18-47-26/h4,7-15,18,24-25,27H,1-3,5-6,16-17,19,34H2,(H2,35,42)(H,39,43)(H,40,45)(H,41,44)(H4,36,37,38)/t24-,25-,27+/m0/s1. The summed E-state index contributed by atoms with van der Waals surface area (Å²) in [5.41, 5.74) is 23.3. The fraction of sp³-hybridized carbons (Fsp3) is 0.344. The molecule has 0 bridgehead atoms. The van der Waals surface area contributed by atoms with Gasteiger partial charge < -0.3 is 43.6 Å². The Morgan fingerprint density at radius 3 is 2.11 bits per heavy atom. The maximum absolute atomic E-state index is 13.5. The Bertz CT molecular complexity index is 1480. The summed E-state index contributed by atoms with van der Waals surface area (Å²) in [6, 6.07) is 12.4. The molecule has 0 saturated heterocycles. The van der Waals surface area contributed by atoms with Gasteiger partial charge in [0.05, 0.1) is 4.88 Å². The number of primary amides is 1. The first-order chi connectivity index (χ1) is 22.6. The highest BCUT2D eigenvalue weighted by Crippen LogP contribution is 2.20. The number of thiophene rings is 1. The second-order valence-corrected chi connectivity index (χ2v) is 11.6. The number of amides is 4. The Hall–Kier alpha value is -5.02. The molecule has 1 aromatic heterocycles. The topological polar surface area (TPSA) is 230 Å². The van der Waals surface area contributed by atoms with Crippen molar-refractivity contribution in [2.75, 3.05) is 13.1 Å². The predicted molar refractivity (Wildman–Crippen MR) is 178 cm³/mol. The highest BCUT2D eigenvalue weighted by Gasteiger charge is 2.29. The van der Waals surface area contributed by atoms with Gasteiger partial charge in [-0.2, -0.15) is 0 Å². The number of unbranched alkanes of at least 4 members (excludes halogenated alkanes) is 1. The first-order valence-corrected chi connectivity index (χ1v) is 15.9. The third-order valence-electron chi connectivity index (χ3n) is 7.00. The van der Waals surface area contributed by atoms with Crippen molar-refractivity contribution in [1.82, 2.24) is 16.0 Å². The van der Waals surface area contributed by atoms with E-state index in [1.54, 1.807) is 53.9 Å². The number of nitrogens with zero attached hydrogens (tertiary/aromatic N) is 1. The van der Waals surface area contributed by atoms with Gasteiger partial charge in [0.1, 0.15) is 36.3 Å². The number of ether oxygens (including phenoxy) is 1. The summed E-state index contributed by atoms with van der Waals surface area (Å²) < 4.78 is 18.9. The number of halogens is 1. The summed E-state index contributed by atoms with van der Waals surface area (Å²) >= 11 is 1.22. The van der Waals surface area contributed by atoms with Crippen LogP contribution >= 0.6 is 11.3 Å². The van der Waals surface area contributed by atoms with E-state index in [-0.39, 0.29) is 37.8 Å². The Labute approximate surface area is 276 Å². The fourth-order valence-corrected chi connectivity index (χ4v) is 5.14. The summed E-state index contributed by atoms with van der Waals surface area (Å²) in [5.74, 6) is -2.45. The second-order valence-electron chi connectivity index (χ2n) is 10.6. The molecule has 15 heteroatoms. The molecule has 0 aliphatic heterocycles. The number of nitrogens with two attached hydrogens (primary N) is 4. The van der Waals surface area contributed by atoms with Gasteiger partial charge in [0.15, 0.2) is 5.96 Å². The van der Waals surface area contributed by atoms with Crippen molar-refractivity contribution < 1.29 is 28.3 Å². The lowest BCUT2D eigenvalue weighted by Crippen LogP contribution is -2.54. The number of carbonyl (C=O) groups excluding carboxylic acids is 4. The van der Waals surface area contributed by atoms with Crippen LogP contribution in [0.15, 0.2) is 71.0 Å². The SMILES string of the molecule is NCCCC[C@H](NC(=O)[C@H](CCCN=C(N)N)NC(=O)c1cccs1)C(=O)N[C@@H](C(N)=O)c1ccc(OCc2ccc(F)cc2)cc1. The van der Waals surface area contributed by atoms with Crippen molar-refractivity contribution in [3.05, 3.63) is 87.9 Å². The van der Waals surface area contributed by atoms with E-state index in [1.807, 2.05) is 0 Å². The van der Waals surface area contributed by atoms with Crippen LogP contribution in [0.25, 0.3) is 0 Å².